The number of amides is 1. The SMILES string of the molecule is N#C/C(=C/NCCN1CCOCC1)C(=O)NCCc1ccc(O)cc1. The summed E-state index contributed by atoms with van der Waals surface area (Å²) in [6.45, 7) is 5.28. The predicted octanol–water partition coefficient (Wildman–Crippen LogP) is 0.380. The van der Waals surface area contributed by atoms with Crippen molar-refractivity contribution < 1.29 is 14.6 Å². The fourth-order valence-corrected chi connectivity index (χ4v) is 2.45. The van der Waals surface area contributed by atoms with Crippen molar-refractivity contribution in [2.45, 2.75) is 6.42 Å². The summed E-state index contributed by atoms with van der Waals surface area (Å²) in [7, 11) is 0. The molecule has 0 aliphatic carbocycles. The van der Waals surface area contributed by atoms with Crippen LogP contribution in [-0.2, 0) is 16.0 Å². The summed E-state index contributed by atoms with van der Waals surface area (Å²) < 4.78 is 5.29. The highest BCUT2D eigenvalue weighted by Crippen LogP contribution is 2.09. The number of benzene rings is 1. The van der Waals surface area contributed by atoms with Crippen LogP contribution in [0.15, 0.2) is 36.0 Å². The maximum Gasteiger partial charge on any atom is 0.263 e. The first kappa shape index (κ1) is 18.8. The normalized spacial score (nSPS) is 15.4. The van der Waals surface area contributed by atoms with Gasteiger partial charge in [0.2, 0.25) is 0 Å². The van der Waals surface area contributed by atoms with Crippen LogP contribution in [0.25, 0.3) is 0 Å². The van der Waals surface area contributed by atoms with Gasteiger partial charge in [-0.1, -0.05) is 12.1 Å². The molecule has 0 unspecified atom stereocenters. The van der Waals surface area contributed by atoms with Crippen LogP contribution >= 0.6 is 0 Å². The van der Waals surface area contributed by atoms with Crippen LogP contribution in [0.3, 0.4) is 0 Å². The van der Waals surface area contributed by atoms with Crippen molar-refractivity contribution >= 4 is 5.91 Å². The van der Waals surface area contributed by atoms with Gasteiger partial charge >= 0.3 is 0 Å². The van der Waals surface area contributed by atoms with Crippen molar-refractivity contribution in [2.75, 3.05) is 45.9 Å². The second kappa shape index (κ2) is 10.3. The molecule has 0 atom stereocenters. The molecule has 1 amide bonds. The number of carbonyl (C=O) groups is 1. The van der Waals surface area contributed by atoms with Gasteiger partial charge in [0.25, 0.3) is 5.91 Å². The van der Waals surface area contributed by atoms with E-state index in [-0.39, 0.29) is 17.2 Å². The molecule has 1 aromatic rings. The third-order valence-electron chi connectivity index (χ3n) is 3.92. The Hall–Kier alpha value is -2.56. The second-order valence-corrected chi connectivity index (χ2v) is 5.75. The van der Waals surface area contributed by atoms with Gasteiger partial charge in [0.15, 0.2) is 0 Å². The fourth-order valence-electron chi connectivity index (χ4n) is 2.45. The molecule has 1 heterocycles. The van der Waals surface area contributed by atoms with Crippen LogP contribution in [0.2, 0.25) is 0 Å². The van der Waals surface area contributed by atoms with Crippen LogP contribution < -0.4 is 10.6 Å². The summed E-state index contributed by atoms with van der Waals surface area (Å²) in [6, 6.07) is 8.73. The van der Waals surface area contributed by atoms with E-state index in [1.807, 2.05) is 6.07 Å². The van der Waals surface area contributed by atoms with Crippen molar-refractivity contribution in [3.05, 3.63) is 41.6 Å². The standard InChI is InChI=1S/C18H24N4O3/c19-13-16(14-20-7-8-22-9-11-25-12-10-22)18(24)21-6-5-15-1-3-17(23)4-2-15/h1-4,14,20,23H,5-12H2,(H,21,24)/b16-14-. The number of nitrogens with zero attached hydrogens (tertiary/aromatic N) is 2. The topological polar surface area (TPSA) is 97.6 Å². The largest absolute Gasteiger partial charge is 0.508 e. The average Bonchev–Trinajstić information content (AvgIpc) is 2.64. The Morgan fingerprint density at radius 3 is 2.68 bits per heavy atom. The molecule has 0 radical (unpaired) electrons. The minimum Gasteiger partial charge on any atom is -0.508 e. The zero-order chi connectivity index (χ0) is 17.9. The first-order valence-corrected chi connectivity index (χ1v) is 8.39. The van der Waals surface area contributed by atoms with Crippen LogP contribution in [-0.4, -0.2) is 61.9 Å². The van der Waals surface area contributed by atoms with Gasteiger partial charge in [-0.25, -0.2) is 0 Å². The number of phenolic OH excluding ortho intramolecular Hbond substituents is 1. The van der Waals surface area contributed by atoms with E-state index in [9.17, 15) is 9.90 Å². The third-order valence-corrected chi connectivity index (χ3v) is 3.92. The Bertz CT molecular complexity index is 616. The first-order valence-electron chi connectivity index (χ1n) is 8.39. The van der Waals surface area contributed by atoms with Crippen molar-refractivity contribution in [1.29, 1.82) is 5.26 Å². The van der Waals surface area contributed by atoms with E-state index in [2.05, 4.69) is 15.5 Å². The molecule has 1 aliphatic heterocycles. The highest BCUT2D eigenvalue weighted by molar-refractivity contribution is 5.97. The molecule has 7 nitrogen and oxygen atoms in total. The number of morpholine rings is 1. The van der Waals surface area contributed by atoms with E-state index >= 15 is 0 Å². The molecular formula is C18H24N4O3. The Morgan fingerprint density at radius 2 is 2.00 bits per heavy atom. The zero-order valence-corrected chi connectivity index (χ0v) is 14.2. The lowest BCUT2D eigenvalue weighted by molar-refractivity contribution is -0.117. The minimum atomic E-state index is -0.389. The van der Waals surface area contributed by atoms with Gasteiger partial charge < -0.3 is 20.5 Å². The van der Waals surface area contributed by atoms with Crippen LogP contribution in [0.4, 0.5) is 0 Å². The first-order chi connectivity index (χ1) is 12.2. The fraction of sp³-hybridized carbons (Fsp3) is 0.444. The van der Waals surface area contributed by atoms with Crippen molar-refractivity contribution in [1.82, 2.24) is 15.5 Å². The lowest BCUT2D eigenvalue weighted by atomic mass is 10.1. The summed E-state index contributed by atoms with van der Waals surface area (Å²) in [5.41, 5.74) is 1.07. The van der Waals surface area contributed by atoms with Gasteiger partial charge in [0, 0.05) is 38.9 Å². The molecule has 2 rings (SSSR count). The molecule has 0 saturated carbocycles. The summed E-state index contributed by atoms with van der Waals surface area (Å²) in [5, 5.41) is 24.1. The molecule has 134 valence electrons. The average molecular weight is 344 g/mol. The Labute approximate surface area is 147 Å². The Balaban J connectivity index is 1.68. The van der Waals surface area contributed by atoms with Gasteiger partial charge in [0.05, 0.1) is 13.2 Å². The number of ether oxygens (including phenoxy) is 1. The van der Waals surface area contributed by atoms with Gasteiger partial charge in [-0.15, -0.1) is 0 Å². The van der Waals surface area contributed by atoms with Gasteiger partial charge in [-0.05, 0) is 24.1 Å². The third kappa shape index (κ3) is 6.83. The minimum absolute atomic E-state index is 0.0627. The molecule has 0 spiro atoms. The molecule has 0 bridgehead atoms. The number of nitriles is 1. The number of hydrogen-bond donors (Lipinski definition) is 3. The summed E-state index contributed by atoms with van der Waals surface area (Å²) in [5.74, 6) is -0.175. The van der Waals surface area contributed by atoms with E-state index in [4.69, 9.17) is 10.00 Å². The highest BCUT2D eigenvalue weighted by atomic mass is 16.5. The molecular weight excluding hydrogens is 320 g/mol. The van der Waals surface area contributed by atoms with E-state index in [0.29, 0.717) is 19.5 Å². The zero-order valence-electron chi connectivity index (χ0n) is 14.2. The molecule has 1 saturated heterocycles. The summed E-state index contributed by atoms with van der Waals surface area (Å²) >= 11 is 0. The molecule has 1 aliphatic rings. The van der Waals surface area contributed by atoms with Crippen molar-refractivity contribution in [3.8, 4) is 11.8 Å². The molecule has 25 heavy (non-hydrogen) atoms. The Morgan fingerprint density at radius 1 is 1.28 bits per heavy atom. The highest BCUT2D eigenvalue weighted by Gasteiger charge is 2.10. The number of aromatic hydroxyl groups is 1. The maximum atomic E-state index is 12.0. The molecule has 3 N–H and O–H groups in total. The second-order valence-electron chi connectivity index (χ2n) is 5.75. The van der Waals surface area contributed by atoms with Gasteiger partial charge in [0.1, 0.15) is 17.4 Å². The smallest absolute Gasteiger partial charge is 0.263 e. The van der Waals surface area contributed by atoms with Crippen molar-refractivity contribution in [2.24, 2.45) is 0 Å². The number of rotatable bonds is 8. The van der Waals surface area contributed by atoms with Crippen molar-refractivity contribution in [3.63, 3.8) is 0 Å². The number of phenols is 1. The van der Waals surface area contributed by atoms with E-state index in [1.165, 1.54) is 6.20 Å². The van der Waals surface area contributed by atoms with E-state index in [0.717, 1.165) is 38.4 Å². The summed E-state index contributed by atoms with van der Waals surface area (Å²) in [4.78, 5) is 14.3. The van der Waals surface area contributed by atoms with Gasteiger partial charge in [-0.2, -0.15) is 5.26 Å². The lowest BCUT2D eigenvalue weighted by Crippen LogP contribution is -2.39. The number of nitrogens with one attached hydrogen (secondary N) is 2. The van der Waals surface area contributed by atoms with E-state index in [1.54, 1.807) is 24.3 Å². The Kier molecular flexibility index (Phi) is 7.76. The van der Waals surface area contributed by atoms with Crippen LogP contribution in [0, 0.1) is 11.3 Å². The summed E-state index contributed by atoms with van der Waals surface area (Å²) in [6.07, 6.45) is 2.10. The van der Waals surface area contributed by atoms with E-state index < -0.39 is 0 Å². The quantitative estimate of drug-likeness (QED) is 0.358. The maximum absolute atomic E-state index is 12.0. The monoisotopic (exact) mass is 344 g/mol. The molecule has 0 aromatic heterocycles. The van der Waals surface area contributed by atoms with Crippen LogP contribution in [0.5, 0.6) is 5.75 Å². The lowest BCUT2D eigenvalue weighted by Gasteiger charge is -2.26. The van der Waals surface area contributed by atoms with Crippen LogP contribution in [0.1, 0.15) is 5.56 Å². The number of hydrogen-bond acceptors (Lipinski definition) is 6. The molecule has 7 heteroatoms. The van der Waals surface area contributed by atoms with Gasteiger partial charge in [-0.3, -0.25) is 9.69 Å². The molecule has 1 fully saturated rings. The predicted molar refractivity (Wildman–Crippen MR) is 93.8 cm³/mol. The number of carbonyl (C=O) groups excluding carboxylic acids is 1. The molecule has 1 aromatic carbocycles.